The number of urea groups is 1. The highest BCUT2D eigenvalue weighted by atomic mass is 35.5. The Morgan fingerprint density at radius 1 is 1.10 bits per heavy atom. The number of nitrogens with one attached hydrogen (secondary N) is 2. The van der Waals surface area contributed by atoms with Gasteiger partial charge in [0.25, 0.3) is 0 Å². The molecule has 1 saturated heterocycles. The van der Waals surface area contributed by atoms with Gasteiger partial charge in [-0.05, 0) is 43.2 Å². The molecule has 0 aromatic heterocycles. The van der Waals surface area contributed by atoms with E-state index in [1.807, 2.05) is 18.2 Å². The van der Waals surface area contributed by atoms with Gasteiger partial charge in [0.2, 0.25) is 5.91 Å². The lowest BCUT2D eigenvalue weighted by Gasteiger charge is -2.27. The minimum Gasteiger partial charge on any atom is -0.497 e. The highest BCUT2D eigenvalue weighted by Gasteiger charge is 2.32. The number of carbonyl (C=O) groups is 2. The molecule has 1 atom stereocenters. The average molecular weight is 418 g/mol. The lowest BCUT2D eigenvalue weighted by molar-refractivity contribution is -0.114. The highest BCUT2D eigenvalue weighted by Crippen LogP contribution is 2.39. The Hall–Kier alpha value is -2.93. The molecular formula is C21H24ClN3O4. The summed E-state index contributed by atoms with van der Waals surface area (Å²) < 4.78 is 10.8. The van der Waals surface area contributed by atoms with Crippen molar-refractivity contribution in [3.05, 3.63) is 47.0 Å². The van der Waals surface area contributed by atoms with Crippen LogP contribution in [-0.2, 0) is 4.79 Å². The number of rotatable bonds is 5. The number of halogens is 1. The predicted molar refractivity (Wildman–Crippen MR) is 113 cm³/mol. The van der Waals surface area contributed by atoms with E-state index < -0.39 is 0 Å². The zero-order valence-electron chi connectivity index (χ0n) is 16.6. The van der Waals surface area contributed by atoms with Crippen molar-refractivity contribution in [3.8, 4) is 11.5 Å². The molecule has 0 bridgehead atoms. The molecule has 0 aliphatic carbocycles. The number of ether oxygens (including phenoxy) is 2. The van der Waals surface area contributed by atoms with Crippen molar-refractivity contribution in [2.45, 2.75) is 25.8 Å². The molecule has 7 nitrogen and oxygen atoms in total. The fourth-order valence-electron chi connectivity index (χ4n) is 3.51. The van der Waals surface area contributed by atoms with Gasteiger partial charge >= 0.3 is 6.03 Å². The molecule has 0 saturated carbocycles. The minimum atomic E-state index is -0.237. The fourth-order valence-corrected chi connectivity index (χ4v) is 3.74. The SMILES string of the molecule is COc1ccc(C2CCCN2C(=O)Nc2ccc(NC(C)=O)cc2Cl)c(OC)c1. The van der Waals surface area contributed by atoms with E-state index in [0.717, 1.165) is 18.4 Å². The summed E-state index contributed by atoms with van der Waals surface area (Å²) in [6.45, 7) is 2.05. The van der Waals surface area contributed by atoms with Crippen LogP contribution in [0.2, 0.25) is 5.02 Å². The Morgan fingerprint density at radius 3 is 2.55 bits per heavy atom. The number of nitrogens with zero attached hydrogens (tertiary/aromatic N) is 1. The second-order valence-electron chi connectivity index (χ2n) is 6.77. The molecule has 8 heteroatoms. The summed E-state index contributed by atoms with van der Waals surface area (Å²) >= 11 is 6.28. The Morgan fingerprint density at radius 2 is 1.90 bits per heavy atom. The van der Waals surface area contributed by atoms with Gasteiger partial charge in [0, 0.05) is 30.8 Å². The van der Waals surface area contributed by atoms with Crippen LogP contribution in [0.4, 0.5) is 16.2 Å². The lowest BCUT2D eigenvalue weighted by Crippen LogP contribution is -2.34. The zero-order chi connectivity index (χ0) is 21.0. The van der Waals surface area contributed by atoms with E-state index >= 15 is 0 Å². The summed E-state index contributed by atoms with van der Waals surface area (Å²) in [5.41, 5.74) is 1.99. The number of amides is 3. The van der Waals surface area contributed by atoms with Crippen LogP contribution in [0.25, 0.3) is 0 Å². The third kappa shape index (κ3) is 4.74. The standard InChI is InChI=1S/C21H24ClN3O4/c1-13(26)23-14-6-9-18(17(22)11-14)24-21(27)25-10-4-5-19(25)16-8-7-15(28-2)12-20(16)29-3/h6-9,11-12,19H,4-5,10H2,1-3H3,(H,23,26)(H,24,27). The van der Waals surface area contributed by atoms with Gasteiger partial charge in [-0.1, -0.05) is 11.6 Å². The molecule has 29 heavy (non-hydrogen) atoms. The van der Waals surface area contributed by atoms with Crippen LogP contribution in [0.3, 0.4) is 0 Å². The normalized spacial score (nSPS) is 15.7. The molecule has 0 radical (unpaired) electrons. The van der Waals surface area contributed by atoms with Gasteiger partial charge in [-0.15, -0.1) is 0 Å². The number of carbonyl (C=O) groups excluding carboxylic acids is 2. The number of likely N-dealkylation sites (tertiary alicyclic amines) is 1. The Kier molecular flexibility index (Phi) is 6.49. The first-order chi connectivity index (χ1) is 13.9. The fraction of sp³-hybridized carbons (Fsp3) is 0.333. The maximum Gasteiger partial charge on any atom is 0.322 e. The van der Waals surface area contributed by atoms with Crippen LogP contribution >= 0.6 is 11.6 Å². The van der Waals surface area contributed by atoms with Gasteiger partial charge in [-0.3, -0.25) is 4.79 Å². The number of benzene rings is 2. The molecule has 1 aliphatic rings. The Bertz CT molecular complexity index is 919. The van der Waals surface area contributed by atoms with E-state index in [-0.39, 0.29) is 18.0 Å². The van der Waals surface area contributed by atoms with Gasteiger partial charge in [-0.25, -0.2) is 4.79 Å². The van der Waals surface area contributed by atoms with Crippen LogP contribution < -0.4 is 20.1 Å². The van der Waals surface area contributed by atoms with Crippen LogP contribution in [-0.4, -0.2) is 37.6 Å². The van der Waals surface area contributed by atoms with Crippen molar-refractivity contribution in [2.75, 3.05) is 31.4 Å². The summed E-state index contributed by atoms with van der Waals surface area (Å²) in [4.78, 5) is 25.9. The molecule has 2 aromatic carbocycles. The monoisotopic (exact) mass is 417 g/mol. The van der Waals surface area contributed by atoms with Crippen molar-refractivity contribution < 1.29 is 19.1 Å². The van der Waals surface area contributed by atoms with Gasteiger partial charge in [0.1, 0.15) is 11.5 Å². The maximum atomic E-state index is 13.0. The van der Waals surface area contributed by atoms with E-state index in [9.17, 15) is 9.59 Å². The van der Waals surface area contributed by atoms with E-state index in [2.05, 4.69) is 10.6 Å². The molecule has 3 amide bonds. The third-order valence-corrected chi connectivity index (χ3v) is 5.16. The summed E-state index contributed by atoms with van der Waals surface area (Å²) in [5.74, 6) is 1.20. The molecule has 2 N–H and O–H groups in total. The molecular weight excluding hydrogens is 394 g/mol. The van der Waals surface area contributed by atoms with Crippen LogP contribution in [0.5, 0.6) is 11.5 Å². The van der Waals surface area contributed by atoms with Crippen molar-refractivity contribution in [3.63, 3.8) is 0 Å². The number of hydrogen-bond acceptors (Lipinski definition) is 4. The first kappa shape index (κ1) is 20.8. The predicted octanol–water partition coefficient (Wildman–Crippen LogP) is 4.68. The molecule has 0 spiro atoms. The van der Waals surface area contributed by atoms with Crippen molar-refractivity contribution >= 4 is 34.9 Å². The lowest BCUT2D eigenvalue weighted by atomic mass is 10.0. The average Bonchev–Trinajstić information content (AvgIpc) is 3.18. The second kappa shape index (κ2) is 9.05. The number of hydrogen-bond donors (Lipinski definition) is 2. The first-order valence-electron chi connectivity index (χ1n) is 9.29. The summed E-state index contributed by atoms with van der Waals surface area (Å²) in [6, 6.07) is 10.2. The number of anilines is 2. The van der Waals surface area contributed by atoms with E-state index in [0.29, 0.717) is 34.4 Å². The van der Waals surface area contributed by atoms with E-state index in [1.165, 1.54) is 6.92 Å². The van der Waals surface area contributed by atoms with Crippen molar-refractivity contribution in [1.29, 1.82) is 0 Å². The second-order valence-corrected chi connectivity index (χ2v) is 7.17. The van der Waals surface area contributed by atoms with Crippen LogP contribution in [0, 0.1) is 0 Å². The summed E-state index contributed by atoms with van der Waals surface area (Å²) in [5, 5.41) is 5.88. The maximum absolute atomic E-state index is 13.0. The first-order valence-corrected chi connectivity index (χ1v) is 9.67. The van der Waals surface area contributed by atoms with Gasteiger partial charge in [-0.2, -0.15) is 0 Å². The van der Waals surface area contributed by atoms with Gasteiger partial charge in [0.15, 0.2) is 0 Å². The Labute approximate surface area is 174 Å². The quantitative estimate of drug-likeness (QED) is 0.739. The third-order valence-electron chi connectivity index (χ3n) is 4.84. The molecule has 1 heterocycles. The topological polar surface area (TPSA) is 79.9 Å². The molecule has 1 fully saturated rings. The molecule has 3 rings (SSSR count). The molecule has 1 unspecified atom stereocenters. The van der Waals surface area contributed by atoms with E-state index in [1.54, 1.807) is 37.3 Å². The Balaban J connectivity index is 1.78. The van der Waals surface area contributed by atoms with E-state index in [4.69, 9.17) is 21.1 Å². The minimum absolute atomic E-state index is 0.103. The van der Waals surface area contributed by atoms with Gasteiger partial charge in [0.05, 0.1) is 31.0 Å². The summed E-state index contributed by atoms with van der Waals surface area (Å²) in [6.07, 6.45) is 1.73. The van der Waals surface area contributed by atoms with Crippen molar-refractivity contribution in [1.82, 2.24) is 4.90 Å². The van der Waals surface area contributed by atoms with Crippen LogP contribution in [0.1, 0.15) is 31.4 Å². The number of methoxy groups -OCH3 is 2. The van der Waals surface area contributed by atoms with Crippen LogP contribution in [0.15, 0.2) is 36.4 Å². The summed E-state index contributed by atoms with van der Waals surface area (Å²) in [7, 11) is 3.21. The zero-order valence-corrected chi connectivity index (χ0v) is 17.4. The smallest absolute Gasteiger partial charge is 0.322 e. The largest absolute Gasteiger partial charge is 0.497 e. The molecule has 1 aliphatic heterocycles. The van der Waals surface area contributed by atoms with Gasteiger partial charge < -0.3 is 25.0 Å². The van der Waals surface area contributed by atoms with Crippen molar-refractivity contribution in [2.24, 2.45) is 0 Å². The highest BCUT2D eigenvalue weighted by molar-refractivity contribution is 6.34. The molecule has 2 aromatic rings. The molecule has 154 valence electrons.